The highest BCUT2D eigenvalue weighted by atomic mass is 19.3. The lowest BCUT2D eigenvalue weighted by molar-refractivity contribution is -0.130. The van der Waals surface area contributed by atoms with Gasteiger partial charge in [-0.3, -0.25) is 9.48 Å². The summed E-state index contributed by atoms with van der Waals surface area (Å²) in [5, 5.41) is 7.23. The highest BCUT2D eigenvalue weighted by Crippen LogP contribution is 2.55. The van der Waals surface area contributed by atoms with E-state index in [-0.39, 0.29) is 17.1 Å². The Kier molecular flexibility index (Phi) is 3.69. The molecule has 4 bridgehead atoms. The second-order valence-corrected chi connectivity index (χ2v) is 8.32. The summed E-state index contributed by atoms with van der Waals surface area (Å²) < 4.78 is 27.1. The molecule has 4 aliphatic rings. The van der Waals surface area contributed by atoms with Gasteiger partial charge in [0.15, 0.2) is 0 Å². The van der Waals surface area contributed by atoms with E-state index < -0.39 is 12.5 Å². The summed E-state index contributed by atoms with van der Waals surface area (Å²) in [6, 6.07) is 0.796. The van der Waals surface area contributed by atoms with E-state index in [1.807, 2.05) is 0 Å². The Morgan fingerprint density at radius 2 is 1.79 bits per heavy atom. The topological polar surface area (TPSA) is 46.9 Å². The van der Waals surface area contributed by atoms with Crippen molar-refractivity contribution in [1.82, 2.24) is 15.1 Å². The average Bonchev–Trinajstić information content (AvgIpc) is 2.86. The van der Waals surface area contributed by atoms with Crippen LogP contribution in [0.1, 0.15) is 69.3 Å². The molecule has 4 aliphatic carbocycles. The van der Waals surface area contributed by atoms with Crippen molar-refractivity contribution in [2.45, 2.75) is 70.4 Å². The van der Waals surface area contributed by atoms with Crippen molar-refractivity contribution in [3.8, 4) is 0 Å². The largest absolute Gasteiger partial charge is 0.349 e. The first-order valence-corrected chi connectivity index (χ1v) is 9.01. The quantitative estimate of drug-likeness (QED) is 0.909. The third-order valence-electron chi connectivity index (χ3n) is 6.34. The van der Waals surface area contributed by atoms with E-state index in [0.717, 1.165) is 37.0 Å². The molecule has 1 atom stereocenters. The minimum Gasteiger partial charge on any atom is -0.349 e. The van der Waals surface area contributed by atoms with Crippen LogP contribution in [0, 0.1) is 24.7 Å². The molecule has 0 saturated heterocycles. The van der Waals surface area contributed by atoms with Gasteiger partial charge in [-0.15, -0.1) is 0 Å². The number of alkyl halides is 2. The van der Waals surface area contributed by atoms with Crippen molar-refractivity contribution in [3.63, 3.8) is 0 Å². The molecular formula is C18H25F2N3O. The van der Waals surface area contributed by atoms with Crippen LogP contribution in [0.4, 0.5) is 8.78 Å². The fraction of sp³-hybridized carbons (Fsp3) is 0.778. The van der Waals surface area contributed by atoms with Crippen molar-refractivity contribution in [1.29, 1.82) is 0 Å². The van der Waals surface area contributed by atoms with Gasteiger partial charge in [0.25, 0.3) is 6.43 Å². The second-order valence-electron chi connectivity index (χ2n) is 8.32. The van der Waals surface area contributed by atoms with Crippen molar-refractivity contribution < 1.29 is 13.6 Å². The lowest BCUT2D eigenvalue weighted by Crippen LogP contribution is -2.60. The van der Waals surface area contributed by atoms with Crippen LogP contribution >= 0.6 is 0 Å². The third-order valence-corrected chi connectivity index (χ3v) is 6.34. The van der Waals surface area contributed by atoms with Gasteiger partial charge in [-0.25, -0.2) is 8.78 Å². The van der Waals surface area contributed by atoms with Crippen LogP contribution in [0.15, 0.2) is 6.07 Å². The molecule has 1 aromatic heterocycles. The third kappa shape index (κ3) is 2.64. The summed E-state index contributed by atoms with van der Waals surface area (Å²) in [4.78, 5) is 12.8. The molecule has 0 aromatic carbocycles. The number of carbonyl (C=O) groups excluding carboxylic acids is 1. The van der Waals surface area contributed by atoms with E-state index in [1.165, 1.54) is 30.0 Å². The van der Waals surface area contributed by atoms with E-state index in [2.05, 4.69) is 10.4 Å². The Bertz CT molecular complexity index is 619. The maximum atomic E-state index is 12.8. The van der Waals surface area contributed by atoms with Crippen molar-refractivity contribution in [2.24, 2.45) is 17.8 Å². The predicted octanol–water partition coefficient (Wildman–Crippen LogP) is 3.78. The molecule has 0 spiro atoms. The number of nitrogens with zero attached hydrogens (tertiary/aromatic N) is 2. The number of aryl methyl sites for hydroxylation is 1. The van der Waals surface area contributed by atoms with Gasteiger partial charge in [-0.2, -0.15) is 5.10 Å². The van der Waals surface area contributed by atoms with E-state index in [0.29, 0.717) is 5.69 Å². The van der Waals surface area contributed by atoms with Crippen LogP contribution in [0.2, 0.25) is 0 Å². The van der Waals surface area contributed by atoms with Crippen LogP contribution in [-0.2, 0) is 4.79 Å². The van der Waals surface area contributed by atoms with Crippen molar-refractivity contribution >= 4 is 5.91 Å². The summed E-state index contributed by atoms with van der Waals surface area (Å²) in [5.74, 6) is 2.17. The molecule has 1 aromatic rings. The molecule has 132 valence electrons. The average molecular weight is 337 g/mol. The van der Waals surface area contributed by atoms with Gasteiger partial charge < -0.3 is 5.32 Å². The molecule has 0 aliphatic heterocycles. The number of aromatic nitrogens is 2. The van der Waals surface area contributed by atoms with E-state index in [4.69, 9.17) is 0 Å². The molecule has 5 rings (SSSR count). The Hall–Kier alpha value is -1.46. The zero-order valence-electron chi connectivity index (χ0n) is 14.3. The SMILES string of the molecule is Cc1cc(C(F)F)nn1C(C)C(=O)NC12CC3CC(CC(C3)C1)C2. The first-order valence-electron chi connectivity index (χ1n) is 9.01. The van der Waals surface area contributed by atoms with Gasteiger partial charge in [0, 0.05) is 11.2 Å². The number of rotatable bonds is 4. The molecule has 4 nitrogen and oxygen atoms in total. The number of hydrogen-bond acceptors (Lipinski definition) is 2. The maximum Gasteiger partial charge on any atom is 0.282 e. The first kappa shape index (κ1) is 16.0. The van der Waals surface area contributed by atoms with Crippen molar-refractivity contribution in [3.05, 3.63) is 17.5 Å². The Balaban J connectivity index is 1.50. The zero-order chi connectivity index (χ0) is 17.1. The summed E-state index contributed by atoms with van der Waals surface area (Å²) in [7, 11) is 0. The molecular weight excluding hydrogens is 312 g/mol. The molecule has 6 heteroatoms. The number of carbonyl (C=O) groups is 1. The predicted molar refractivity (Wildman–Crippen MR) is 85.7 cm³/mol. The van der Waals surface area contributed by atoms with Gasteiger partial charge in [0.2, 0.25) is 5.91 Å². The van der Waals surface area contributed by atoms with Crippen LogP contribution in [-0.4, -0.2) is 21.2 Å². The van der Waals surface area contributed by atoms with Gasteiger partial charge in [-0.1, -0.05) is 0 Å². The van der Waals surface area contributed by atoms with Gasteiger partial charge in [-0.05, 0) is 76.2 Å². The monoisotopic (exact) mass is 337 g/mol. The standard InChI is InChI=1S/C18H25F2N3O/c1-10-3-15(16(19)20)22-23(10)11(2)17(24)21-18-7-12-4-13(8-18)6-14(5-12)9-18/h3,11-14,16H,4-9H2,1-2H3,(H,21,24). The first-order chi connectivity index (χ1) is 11.3. The fourth-order valence-electron chi connectivity index (χ4n) is 5.75. The van der Waals surface area contributed by atoms with Crippen LogP contribution < -0.4 is 5.32 Å². The second kappa shape index (κ2) is 5.53. The molecule has 0 radical (unpaired) electrons. The highest BCUT2D eigenvalue weighted by Gasteiger charge is 2.51. The molecule has 1 N–H and O–H groups in total. The molecule has 4 saturated carbocycles. The van der Waals surface area contributed by atoms with Gasteiger partial charge in [0.1, 0.15) is 11.7 Å². The molecule has 1 heterocycles. The summed E-state index contributed by atoms with van der Waals surface area (Å²) in [6.45, 7) is 3.46. The van der Waals surface area contributed by atoms with Crippen LogP contribution in [0.5, 0.6) is 0 Å². The van der Waals surface area contributed by atoms with E-state index in [1.54, 1.807) is 13.8 Å². The van der Waals surface area contributed by atoms with Crippen LogP contribution in [0.3, 0.4) is 0 Å². The van der Waals surface area contributed by atoms with Gasteiger partial charge in [0.05, 0.1) is 0 Å². The summed E-state index contributed by atoms with van der Waals surface area (Å²) >= 11 is 0. The number of amides is 1. The maximum absolute atomic E-state index is 12.8. The van der Waals surface area contributed by atoms with Crippen LogP contribution in [0.25, 0.3) is 0 Å². The zero-order valence-corrected chi connectivity index (χ0v) is 14.3. The minimum atomic E-state index is -2.61. The smallest absolute Gasteiger partial charge is 0.282 e. The van der Waals surface area contributed by atoms with Gasteiger partial charge >= 0.3 is 0 Å². The lowest BCUT2D eigenvalue weighted by atomic mass is 9.53. The molecule has 1 amide bonds. The normalized spacial score (nSPS) is 35.5. The summed E-state index contributed by atoms with van der Waals surface area (Å²) in [6.07, 6.45) is 4.60. The number of halogens is 2. The Morgan fingerprint density at radius 1 is 1.25 bits per heavy atom. The number of nitrogens with one attached hydrogen (secondary N) is 1. The molecule has 1 unspecified atom stereocenters. The molecule has 24 heavy (non-hydrogen) atoms. The molecule has 4 fully saturated rings. The Morgan fingerprint density at radius 3 is 2.25 bits per heavy atom. The lowest BCUT2D eigenvalue weighted by Gasteiger charge is -2.57. The number of hydrogen-bond donors (Lipinski definition) is 1. The van der Waals surface area contributed by atoms with E-state index in [9.17, 15) is 13.6 Å². The minimum absolute atomic E-state index is 0.0628. The Labute approximate surface area is 141 Å². The fourth-order valence-corrected chi connectivity index (χ4v) is 5.75. The van der Waals surface area contributed by atoms with Crippen molar-refractivity contribution in [2.75, 3.05) is 0 Å². The highest BCUT2D eigenvalue weighted by molar-refractivity contribution is 5.80. The summed E-state index contributed by atoms with van der Waals surface area (Å²) in [5.41, 5.74) is 0.271. The van der Waals surface area contributed by atoms with E-state index >= 15 is 0 Å².